The Balaban J connectivity index is 2.15. The van der Waals surface area contributed by atoms with Crippen LogP contribution in [0, 0.1) is 0 Å². The molecule has 0 saturated heterocycles. The normalized spacial score (nSPS) is 17.8. The first-order valence-corrected chi connectivity index (χ1v) is 6.75. The highest BCUT2D eigenvalue weighted by Gasteiger charge is 2.20. The second-order valence-electron chi connectivity index (χ2n) is 4.81. The molecule has 2 rings (SSSR count). The van der Waals surface area contributed by atoms with E-state index < -0.39 is 0 Å². The largest absolute Gasteiger partial charge is 0.377 e. The van der Waals surface area contributed by atoms with Gasteiger partial charge in [-0.2, -0.15) is 0 Å². The molecule has 94 valence electrons. The van der Waals surface area contributed by atoms with Crippen molar-refractivity contribution in [3.05, 3.63) is 34.9 Å². The van der Waals surface area contributed by atoms with Crippen molar-refractivity contribution >= 4 is 0 Å². The molecule has 2 nitrogen and oxygen atoms in total. The van der Waals surface area contributed by atoms with E-state index in [0.29, 0.717) is 0 Å². The summed E-state index contributed by atoms with van der Waals surface area (Å²) >= 11 is 0. The van der Waals surface area contributed by atoms with E-state index >= 15 is 0 Å². The number of rotatable bonds is 5. The lowest BCUT2D eigenvalue weighted by atomic mass is 9.97. The zero-order chi connectivity index (χ0) is 12.3. The van der Waals surface area contributed by atoms with E-state index in [0.717, 1.165) is 13.0 Å². The third-order valence-electron chi connectivity index (χ3n) is 3.69. The lowest BCUT2D eigenvalue weighted by Gasteiger charge is -2.23. The fourth-order valence-corrected chi connectivity index (χ4v) is 2.70. The number of ether oxygens (including phenoxy) is 1. The minimum atomic E-state index is 0.00542. The van der Waals surface area contributed by atoms with E-state index in [2.05, 4.69) is 25.1 Å². The van der Waals surface area contributed by atoms with Crippen molar-refractivity contribution in [3.63, 3.8) is 0 Å². The maximum Gasteiger partial charge on any atom is 0.0764 e. The molecule has 1 aromatic rings. The van der Waals surface area contributed by atoms with Gasteiger partial charge < -0.3 is 10.5 Å². The summed E-state index contributed by atoms with van der Waals surface area (Å²) in [6.07, 6.45) is 4.83. The van der Waals surface area contributed by atoms with Gasteiger partial charge in [0.25, 0.3) is 0 Å². The summed E-state index contributed by atoms with van der Waals surface area (Å²) in [6, 6.07) is 6.72. The number of aryl methyl sites for hydroxylation is 2. The molecule has 0 heterocycles. The van der Waals surface area contributed by atoms with Crippen molar-refractivity contribution in [2.24, 2.45) is 5.73 Å². The Hall–Kier alpha value is -0.860. The summed E-state index contributed by atoms with van der Waals surface area (Å²) in [7, 11) is 0. The van der Waals surface area contributed by atoms with Gasteiger partial charge in [-0.15, -0.1) is 0 Å². The number of benzene rings is 1. The monoisotopic (exact) mass is 233 g/mol. The third kappa shape index (κ3) is 2.70. The van der Waals surface area contributed by atoms with Gasteiger partial charge in [0.15, 0.2) is 0 Å². The highest BCUT2D eigenvalue weighted by Crippen LogP contribution is 2.27. The lowest BCUT2D eigenvalue weighted by molar-refractivity contribution is 0.0413. The Bertz CT molecular complexity index is 375. The van der Waals surface area contributed by atoms with E-state index in [1.165, 1.54) is 36.0 Å². The molecule has 0 bridgehead atoms. The van der Waals surface area contributed by atoms with Gasteiger partial charge >= 0.3 is 0 Å². The molecule has 0 amide bonds. The van der Waals surface area contributed by atoms with E-state index in [1.54, 1.807) is 0 Å². The summed E-state index contributed by atoms with van der Waals surface area (Å²) in [5.41, 5.74) is 10.5. The van der Waals surface area contributed by atoms with Gasteiger partial charge in [0, 0.05) is 6.61 Å². The molecule has 0 aromatic heterocycles. The molecule has 1 aliphatic carbocycles. The average molecular weight is 233 g/mol. The first-order valence-electron chi connectivity index (χ1n) is 6.75. The molecule has 0 spiro atoms. The summed E-state index contributed by atoms with van der Waals surface area (Å²) in [5, 5.41) is 0. The molecule has 1 aliphatic rings. The Morgan fingerprint density at radius 2 is 2.00 bits per heavy atom. The fraction of sp³-hybridized carbons (Fsp3) is 0.600. The maximum atomic E-state index is 6.30. The average Bonchev–Trinajstić information content (AvgIpc) is 2.82. The number of fused-ring (bicyclic) bond motifs is 1. The predicted molar refractivity (Wildman–Crippen MR) is 71.1 cm³/mol. The van der Waals surface area contributed by atoms with Crippen LogP contribution >= 0.6 is 0 Å². The smallest absolute Gasteiger partial charge is 0.0764 e. The van der Waals surface area contributed by atoms with Crippen molar-refractivity contribution in [2.75, 3.05) is 6.61 Å². The lowest BCUT2D eigenvalue weighted by Crippen LogP contribution is -2.28. The van der Waals surface area contributed by atoms with Gasteiger partial charge in [0.05, 0.1) is 12.1 Å². The van der Waals surface area contributed by atoms with Crippen molar-refractivity contribution in [1.29, 1.82) is 0 Å². The molecule has 0 saturated carbocycles. The van der Waals surface area contributed by atoms with Crippen LogP contribution < -0.4 is 5.73 Å². The van der Waals surface area contributed by atoms with Crippen LogP contribution in [0.15, 0.2) is 18.2 Å². The topological polar surface area (TPSA) is 35.2 Å². The first kappa shape index (κ1) is 12.6. The van der Waals surface area contributed by atoms with Crippen molar-refractivity contribution in [1.82, 2.24) is 0 Å². The van der Waals surface area contributed by atoms with Crippen LogP contribution in [0.2, 0.25) is 0 Å². The Morgan fingerprint density at radius 3 is 2.71 bits per heavy atom. The molecular formula is C15H23NO. The van der Waals surface area contributed by atoms with Crippen molar-refractivity contribution in [2.45, 2.75) is 51.7 Å². The van der Waals surface area contributed by atoms with Gasteiger partial charge in [-0.1, -0.05) is 25.1 Å². The summed E-state index contributed by atoms with van der Waals surface area (Å²) in [5.74, 6) is 0. The van der Waals surface area contributed by atoms with E-state index in [4.69, 9.17) is 10.5 Å². The van der Waals surface area contributed by atoms with Gasteiger partial charge in [0.2, 0.25) is 0 Å². The number of hydrogen-bond donors (Lipinski definition) is 1. The molecule has 2 N–H and O–H groups in total. The van der Waals surface area contributed by atoms with Crippen LogP contribution in [0.1, 0.15) is 49.4 Å². The molecule has 0 radical (unpaired) electrons. The van der Waals surface area contributed by atoms with Crippen molar-refractivity contribution < 1.29 is 4.74 Å². The Labute approximate surface area is 104 Å². The van der Waals surface area contributed by atoms with Crippen molar-refractivity contribution in [3.8, 4) is 0 Å². The standard InChI is InChI=1S/C15H23NO/c1-3-14(17-4-2)15(16)13-9-8-11-6-5-7-12(11)10-13/h8-10,14-15H,3-7,16H2,1-2H3. The molecule has 2 atom stereocenters. The molecule has 2 unspecified atom stereocenters. The fourth-order valence-electron chi connectivity index (χ4n) is 2.70. The minimum Gasteiger partial charge on any atom is -0.377 e. The van der Waals surface area contributed by atoms with Crippen LogP contribution in [0.25, 0.3) is 0 Å². The Morgan fingerprint density at radius 1 is 1.24 bits per heavy atom. The van der Waals surface area contributed by atoms with Gasteiger partial charge in [0.1, 0.15) is 0 Å². The third-order valence-corrected chi connectivity index (χ3v) is 3.69. The summed E-state index contributed by atoms with van der Waals surface area (Å²) < 4.78 is 5.70. The molecule has 0 fully saturated rings. The summed E-state index contributed by atoms with van der Waals surface area (Å²) in [6.45, 7) is 4.89. The van der Waals surface area contributed by atoms with Gasteiger partial charge in [-0.3, -0.25) is 0 Å². The molecule has 2 heteroatoms. The SMILES string of the molecule is CCOC(CC)C(N)c1ccc2c(c1)CCC2. The van der Waals surface area contributed by atoms with Crippen LogP contribution in [-0.2, 0) is 17.6 Å². The minimum absolute atomic E-state index is 0.00542. The first-order chi connectivity index (χ1) is 8.26. The summed E-state index contributed by atoms with van der Waals surface area (Å²) in [4.78, 5) is 0. The zero-order valence-corrected chi connectivity index (χ0v) is 10.9. The van der Waals surface area contributed by atoms with E-state index in [1.807, 2.05) is 6.92 Å². The Kier molecular flexibility index (Phi) is 4.19. The highest BCUT2D eigenvalue weighted by atomic mass is 16.5. The van der Waals surface area contributed by atoms with Gasteiger partial charge in [-0.05, 0) is 49.3 Å². The quantitative estimate of drug-likeness (QED) is 0.848. The van der Waals surface area contributed by atoms with Crippen LogP contribution in [0.3, 0.4) is 0 Å². The van der Waals surface area contributed by atoms with E-state index in [9.17, 15) is 0 Å². The number of nitrogens with two attached hydrogens (primary N) is 1. The zero-order valence-electron chi connectivity index (χ0n) is 10.9. The predicted octanol–water partition coefficient (Wildman–Crippen LogP) is 2.99. The highest BCUT2D eigenvalue weighted by molar-refractivity contribution is 5.36. The van der Waals surface area contributed by atoms with Gasteiger partial charge in [-0.25, -0.2) is 0 Å². The molecule has 1 aromatic carbocycles. The molecule has 17 heavy (non-hydrogen) atoms. The molecule has 0 aliphatic heterocycles. The maximum absolute atomic E-state index is 6.30. The van der Waals surface area contributed by atoms with Crippen LogP contribution in [0.4, 0.5) is 0 Å². The second kappa shape index (κ2) is 5.65. The second-order valence-corrected chi connectivity index (χ2v) is 4.81. The number of hydrogen-bond acceptors (Lipinski definition) is 2. The van der Waals surface area contributed by atoms with Crippen LogP contribution in [0.5, 0.6) is 0 Å². The molecular weight excluding hydrogens is 210 g/mol. The van der Waals surface area contributed by atoms with Crippen LogP contribution in [-0.4, -0.2) is 12.7 Å². The van der Waals surface area contributed by atoms with E-state index in [-0.39, 0.29) is 12.1 Å².